The Labute approximate surface area is 108 Å². The van der Waals surface area contributed by atoms with Crippen LogP contribution in [-0.4, -0.2) is 23.2 Å². The SMILES string of the molecule is Nc1nccnc1Sc1ccc2c(c1)OCCO2. The first-order valence-corrected chi connectivity index (χ1v) is 6.28. The lowest BCUT2D eigenvalue weighted by Gasteiger charge is -2.18. The summed E-state index contributed by atoms with van der Waals surface area (Å²) in [5.41, 5.74) is 5.76. The van der Waals surface area contributed by atoms with E-state index in [0.29, 0.717) is 24.1 Å². The molecule has 1 aromatic carbocycles. The maximum atomic E-state index is 5.76. The van der Waals surface area contributed by atoms with Gasteiger partial charge in [-0.25, -0.2) is 9.97 Å². The smallest absolute Gasteiger partial charge is 0.162 e. The van der Waals surface area contributed by atoms with E-state index < -0.39 is 0 Å². The van der Waals surface area contributed by atoms with Gasteiger partial charge in [0, 0.05) is 17.3 Å². The van der Waals surface area contributed by atoms with E-state index in [9.17, 15) is 0 Å². The van der Waals surface area contributed by atoms with Crippen molar-refractivity contribution in [1.29, 1.82) is 0 Å². The van der Waals surface area contributed by atoms with Crippen LogP contribution in [0.1, 0.15) is 0 Å². The monoisotopic (exact) mass is 261 g/mol. The summed E-state index contributed by atoms with van der Waals surface area (Å²) in [6.45, 7) is 1.17. The fourth-order valence-corrected chi connectivity index (χ4v) is 2.41. The number of nitrogens with two attached hydrogens (primary N) is 1. The van der Waals surface area contributed by atoms with E-state index in [2.05, 4.69) is 9.97 Å². The molecule has 92 valence electrons. The Hall–Kier alpha value is -1.95. The number of nitrogen functional groups attached to an aromatic ring is 1. The quantitative estimate of drug-likeness (QED) is 0.891. The topological polar surface area (TPSA) is 70.3 Å². The van der Waals surface area contributed by atoms with Gasteiger partial charge in [0.25, 0.3) is 0 Å². The fraction of sp³-hybridized carbons (Fsp3) is 0.167. The summed E-state index contributed by atoms with van der Waals surface area (Å²) in [6.07, 6.45) is 3.19. The van der Waals surface area contributed by atoms with Gasteiger partial charge in [-0.2, -0.15) is 0 Å². The summed E-state index contributed by atoms with van der Waals surface area (Å²) < 4.78 is 11.0. The Kier molecular flexibility index (Phi) is 2.93. The molecule has 1 aliphatic heterocycles. The molecule has 3 rings (SSSR count). The number of nitrogens with zero attached hydrogens (tertiary/aromatic N) is 2. The highest BCUT2D eigenvalue weighted by atomic mass is 32.2. The molecule has 0 radical (unpaired) electrons. The molecule has 1 aromatic heterocycles. The van der Waals surface area contributed by atoms with Gasteiger partial charge in [0.2, 0.25) is 0 Å². The van der Waals surface area contributed by atoms with Crippen molar-refractivity contribution in [3.05, 3.63) is 30.6 Å². The largest absolute Gasteiger partial charge is 0.486 e. The summed E-state index contributed by atoms with van der Waals surface area (Å²) in [7, 11) is 0. The molecule has 18 heavy (non-hydrogen) atoms. The number of fused-ring (bicyclic) bond motifs is 1. The van der Waals surface area contributed by atoms with Crippen molar-refractivity contribution in [2.24, 2.45) is 0 Å². The van der Waals surface area contributed by atoms with Crippen LogP contribution in [-0.2, 0) is 0 Å². The molecular weight excluding hydrogens is 250 g/mol. The molecule has 6 heteroatoms. The Morgan fingerprint density at radius 3 is 2.67 bits per heavy atom. The Bertz CT molecular complexity index is 577. The standard InChI is InChI=1S/C12H11N3O2S/c13-11-12(15-4-3-14-11)18-8-1-2-9-10(7-8)17-6-5-16-9/h1-4,7H,5-6H2,(H2,13,14). The van der Waals surface area contributed by atoms with Crippen molar-refractivity contribution >= 4 is 17.6 Å². The van der Waals surface area contributed by atoms with Crippen LogP contribution in [0.4, 0.5) is 5.82 Å². The third-order valence-corrected chi connectivity index (χ3v) is 3.42. The molecule has 0 unspecified atom stereocenters. The van der Waals surface area contributed by atoms with E-state index >= 15 is 0 Å². The number of hydrogen-bond donors (Lipinski definition) is 1. The molecule has 0 fully saturated rings. The molecule has 1 aliphatic rings. The van der Waals surface area contributed by atoms with Gasteiger partial charge in [0.05, 0.1) is 0 Å². The minimum Gasteiger partial charge on any atom is -0.486 e. The highest BCUT2D eigenvalue weighted by Crippen LogP contribution is 2.37. The zero-order chi connectivity index (χ0) is 12.4. The Morgan fingerprint density at radius 2 is 1.83 bits per heavy atom. The van der Waals surface area contributed by atoms with Crippen LogP contribution in [0.2, 0.25) is 0 Å². The molecule has 2 aromatic rings. The lowest BCUT2D eigenvalue weighted by atomic mass is 10.3. The molecule has 2 heterocycles. The minimum atomic E-state index is 0.428. The summed E-state index contributed by atoms with van der Waals surface area (Å²) in [5, 5.41) is 0.689. The van der Waals surface area contributed by atoms with Crippen molar-refractivity contribution in [2.45, 2.75) is 9.92 Å². The van der Waals surface area contributed by atoms with E-state index in [-0.39, 0.29) is 0 Å². The minimum absolute atomic E-state index is 0.428. The maximum Gasteiger partial charge on any atom is 0.162 e. The predicted molar refractivity (Wildman–Crippen MR) is 68.0 cm³/mol. The van der Waals surface area contributed by atoms with Crippen LogP contribution < -0.4 is 15.2 Å². The van der Waals surface area contributed by atoms with Gasteiger partial charge in [0.1, 0.15) is 18.2 Å². The predicted octanol–water partition coefficient (Wildman–Crippen LogP) is 1.98. The van der Waals surface area contributed by atoms with Crippen molar-refractivity contribution in [1.82, 2.24) is 9.97 Å². The molecule has 0 aliphatic carbocycles. The maximum absolute atomic E-state index is 5.76. The second kappa shape index (κ2) is 4.73. The number of benzene rings is 1. The average molecular weight is 261 g/mol. The number of ether oxygens (including phenoxy) is 2. The average Bonchev–Trinajstić information content (AvgIpc) is 2.41. The zero-order valence-corrected chi connectivity index (χ0v) is 10.3. The fourth-order valence-electron chi connectivity index (χ4n) is 1.61. The Balaban J connectivity index is 1.87. The summed E-state index contributed by atoms with van der Waals surface area (Å²) in [5.74, 6) is 1.96. The number of anilines is 1. The van der Waals surface area contributed by atoms with Gasteiger partial charge in [0.15, 0.2) is 17.3 Å². The normalized spacial score (nSPS) is 13.3. The molecule has 0 bridgehead atoms. The Morgan fingerprint density at radius 1 is 1.06 bits per heavy atom. The third-order valence-electron chi connectivity index (χ3n) is 2.42. The van der Waals surface area contributed by atoms with Crippen LogP contribution in [0.5, 0.6) is 11.5 Å². The van der Waals surface area contributed by atoms with E-state index in [0.717, 1.165) is 16.4 Å². The van der Waals surface area contributed by atoms with Crippen molar-refractivity contribution in [3.8, 4) is 11.5 Å². The van der Waals surface area contributed by atoms with Gasteiger partial charge in [-0.05, 0) is 18.2 Å². The first kappa shape index (κ1) is 11.2. The van der Waals surface area contributed by atoms with Crippen molar-refractivity contribution in [2.75, 3.05) is 18.9 Å². The van der Waals surface area contributed by atoms with Gasteiger partial charge >= 0.3 is 0 Å². The highest BCUT2D eigenvalue weighted by Gasteiger charge is 2.13. The van der Waals surface area contributed by atoms with Crippen LogP contribution in [0.25, 0.3) is 0 Å². The van der Waals surface area contributed by atoms with E-state index in [1.807, 2.05) is 18.2 Å². The molecule has 0 saturated heterocycles. The van der Waals surface area contributed by atoms with Gasteiger partial charge in [-0.3, -0.25) is 0 Å². The van der Waals surface area contributed by atoms with Crippen LogP contribution in [0, 0.1) is 0 Å². The van der Waals surface area contributed by atoms with Crippen LogP contribution in [0.15, 0.2) is 40.5 Å². The van der Waals surface area contributed by atoms with Crippen LogP contribution in [0.3, 0.4) is 0 Å². The third kappa shape index (κ3) is 2.19. The van der Waals surface area contributed by atoms with E-state index in [4.69, 9.17) is 15.2 Å². The van der Waals surface area contributed by atoms with E-state index in [1.165, 1.54) is 11.8 Å². The summed E-state index contributed by atoms with van der Waals surface area (Å²) in [6, 6.07) is 5.77. The molecular formula is C12H11N3O2S. The number of rotatable bonds is 2. The van der Waals surface area contributed by atoms with Gasteiger partial charge in [-0.1, -0.05) is 11.8 Å². The molecule has 0 atom stereocenters. The van der Waals surface area contributed by atoms with Gasteiger partial charge in [-0.15, -0.1) is 0 Å². The first-order chi connectivity index (χ1) is 8.83. The van der Waals surface area contributed by atoms with E-state index in [1.54, 1.807) is 12.4 Å². The summed E-state index contributed by atoms with van der Waals surface area (Å²) in [4.78, 5) is 9.18. The number of aromatic nitrogens is 2. The van der Waals surface area contributed by atoms with Gasteiger partial charge < -0.3 is 15.2 Å². The second-order valence-corrected chi connectivity index (χ2v) is 4.72. The second-order valence-electron chi connectivity index (χ2n) is 3.65. The molecule has 0 amide bonds. The molecule has 0 saturated carbocycles. The zero-order valence-electron chi connectivity index (χ0n) is 9.50. The lowest BCUT2D eigenvalue weighted by molar-refractivity contribution is 0.171. The molecule has 2 N–H and O–H groups in total. The lowest BCUT2D eigenvalue weighted by Crippen LogP contribution is -2.15. The van der Waals surface area contributed by atoms with Crippen molar-refractivity contribution in [3.63, 3.8) is 0 Å². The summed E-state index contributed by atoms with van der Waals surface area (Å²) >= 11 is 1.45. The molecule has 5 nitrogen and oxygen atoms in total. The molecule has 0 spiro atoms. The number of hydrogen-bond acceptors (Lipinski definition) is 6. The first-order valence-electron chi connectivity index (χ1n) is 5.47. The van der Waals surface area contributed by atoms with Crippen molar-refractivity contribution < 1.29 is 9.47 Å². The van der Waals surface area contributed by atoms with Crippen LogP contribution >= 0.6 is 11.8 Å². The highest BCUT2D eigenvalue weighted by molar-refractivity contribution is 7.99.